The van der Waals surface area contributed by atoms with Gasteiger partial charge in [0.2, 0.25) is 5.91 Å². The number of halogens is 1. The van der Waals surface area contributed by atoms with Gasteiger partial charge in [-0.1, -0.05) is 55.0 Å². The minimum atomic E-state index is -0.103. The molecule has 1 N–H and O–H groups in total. The van der Waals surface area contributed by atoms with Gasteiger partial charge in [-0.05, 0) is 13.0 Å². The summed E-state index contributed by atoms with van der Waals surface area (Å²) in [6, 6.07) is 7.56. The maximum atomic E-state index is 11.8. The fourth-order valence-corrected chi connectivity index (χ4v) is 3.27. The summed E-state index contributed by atoms with van der Waals surface area (Å²) in [6.45, 7) is 5.52. The van der Waals surface area contributed by atoms with Crippen LogP contribution in [0.2, 0.25) is 5.02 Å². The Hall–Kier alpha value is -2.31. The number of hydrogen-bond acceptors (Lipinski definition) is 5. The van der Waals surface area contributed by atoms with E-state index in [0.717, 1.165) is 21.7 Å². The highest BCUT2D eigenvalue weighted by Crippen LogP contribution is 2.37. The number of hydrogen-bond donors (Lipinski definition) is 1. The standard InChI is InChI=1S/C18H17ClN4OS/c1-10(2)17(24)23-18-21-9-15(25-18)13-8-20-11(3)22-16(13)12-6-4-5-7-14(12)19/h4-10H,1-3H3,(H,21,23,24). The molecule has 0 aliphatic carbocycles. The average molecular weight is 373 g/mol. The Morgan fingerprint density at radius 2 is 1.92 bits per heavy atom. The lowest BCUT2D eigenvalue weighted by molar-refractivity contribution is -0.118. The van der Waals surface area contributed by atoms with E-state index in [0.29, 0.717) is 16.0 Å². The second-order valence-corrected chi connectivity index (χ2v) is 7.27. The highest BCUT2D eigenvalue weighted by atomic mass is 35.5. The van der Waals surface area contributed by atoms with Gasteiger partial charge in [-0.3, -0.25) is 4.79 Å². The first-order valence-electron chi connectivity index (χ1n) is 7.81. The van der Waals surface area contributed by atoms with Gasteiger partial charge in [0.1, 0.15) is 5.82 Å². The summed E-state index contributed by atoms with van der Waals surface area (Å²) in [4.78, 5) is 25.9. The van der Waals surface area contributed by atoms with Crippen LogP contribution in [0.25, 0.3) is 21.7 Å². The number of thiazole rings is 1. The van der Waals surface area contributed by atoms with E-state index in [-0.39, 0.29) is 11.8 Å². The van der Waals surface area contributed by atoms with Crippen molar-refractivity contribution in [2.24, 2.45) is 5.92 Å². The molecule has 0 atom stereocenters. The van der Waals surface area contributed by atoms with Crippen LogP contribution in [0, 0.1) is 12.8 Å². The molecule has 3 rings (SSSR count). The lowest BCUT2D eigenvalue weighted by Crippen LogP contribution is -2.17. The number of carbonyl (C=O) groups excluding carboxylic acids is 1. The largest absolute Gasteiger partial charge is 0.302 e. The van der Waals surface area contributed by atoms with Crippen LogP contribution in [-0.2, 0) is 4.79 Å². The zero-order chi connectivity index (χ0) is 18.0. The second-order valence-electron chi connectivity index (χ2n) is 5.83. The topological polar surface area (TPSA) is 67.8 Å². The van der Waals surface area contributed by atoms with Crippen LogP contribution in [0.3, 0.4) is 0 Å². The number of carbonyl (C=O) groups is 1. The Kier molecular flexibility index (Phi) is 5.11. The van der Waals surface area contributed by atoms with E-state index < -0.39 is 0 Å². The van der Waals surface area contributed by atoms with E-state index >= 15 is 0 Å². The molecule has 0 saturated heterocycles. The molecule has 3 aromatic rings. The third-order valence-electron chi connectivity index (χ3n) is 3.56. The number of rotatable bonds is 4. The van der Waals surface area contributed by atoms with Crippen molar-refractivity contribution in [2.75, 3.05) is 5.32 Å². The molecule has 2 heterocycles. The van der Waals surface area contributed by atoms with Crippen molar-refractivity contribution in [3.8, 4) is 21.7 Å². The van der Waals surface area contributed by atoms with Gasteiger partial charge < -0.3 is 5.32 Å². The summed E-state index contributed by atoms with van der Waals surface area (Å²) < 4.78 is 0. The Labute approximate surface area is 155 Å². The van der Waals surface area contributed by atoms with Crippen molar-refractivity contribution >= 4 is 34.0 Å². The van der Waals surface area contributed by atoms with Crippen LogP contribution >= 0.6 is 22.9 Å². The van der Waals surface area contributed by atoms with Crippen molar-refractivity contribution in [3.05, 3.63) is 47.5 Å². The van der Waals surface area contributed by atoms with Gasteiger partial charge in [-0.25, -0.2) is 15.0 Å². The zero-order valence-corrected chi connectivity index (χ0v) is 15.6. The van der Waals surface area contributed by atoms with E-state index in [4.69, 9.17) is 11.6 Å². The minimum Gasteiger partial charge on any atom is -0.302 e. The Morgan fingerprint density at radius 3 is 2.64 bits per heavy atom. The number of anilines is 1. The normalized spacial score (nSPS) is 10.9. The fraction of sp³-hybridized carbons (Fsp3) is 0.222. The summed E-state index contributed by atoms with van der Waals surface area (Å²) in [5.41, 5.74) is 2.43. The molecule has 128 valence electrons. The summed E-state index contributed by atoms with van der Waals surface area (Å²) in [5, 5.41) is 3.99. The van der Waals surface area contributed by atoms with E-state index in [1.165, 1.54) is 11.3 Å². The third kappa shape index (κ3) is 3.86. The molecular weight excluding hydrogens is 356 g/mol. The quantitative estimate of drug-likeness (QED) is 0.712. The van der Waals surface area contributed by atoms with Crippen LogP contribution in [0.5, 0.6) is 0 Å². The Morgan fingerprint density at radius 1 is 1.16 bits per heavy atom. The molecule has 0 saturated carbocycles. The molecule has 0 bridgehead atoms. The van der Waals surface area contributed by atoms with Gasteiger partial charge in [0.05, 0.1) is 10.6 Å². The van der Waals surface area contributed by atoms with Crippen molar-refractivity contribution < 1.29 is 4.79 Å². The van der Waals surface area contributed by atoms with Crippen molar-refractivity contribution in [1.82, 2.24) is 15.0 Å². The summed E-state index contributed by atoms with van der Waals surface area (Å²) in [6.07, 6.45) is 3.48. The Balaban J connectivity index is 2.03. The van der Waals surface area contributed by atoms with Gasteiger partial charge in [0.25, 0.3) is 0 Å². The van der Waals surface area contributed by atoms with Crippen molar-refractivity contribution in [1.29, 1.82) is 0 Å². The summed E-state index contributed by atoms with van der Waals surface area (Å²) >= 11 is 7.74. The van der Waals surface area contributed by atoms with Crippen LogP contribution in [0.1, 0.15) is 19.7 Å². The number of aromatic nitrogens is 3. The van der Waals surface area contributed by atoms with Crippen LogP contribution < -0.4 is 5.32 Å². The molecular formula is C18H17ClN4OS. The molecule has 0 aliphatic rings. The number of benzene rings is 1. The lowest BCUT2D eigenvalue weighted by atomic mass is 10.1. The number of nitrogens with one attached hydrogen (secondary N) is 1. The maximum absolute atomic E-state index is 11.8. The molecule has 25 heavy (non-hydrogen) atoms. The van der Waals surface area contributed by atoms with E-state index in [2.05, 4.69) is 20.3 Å². The third-order valence-corrected chi connectivity index (χ3v) is 4.84. The molecule has 1 aromatic carbocycles. The van der Waals surface area contributed by atoms with Gasteiger partial charge in [-0.15, -0.1) is 0 Å². The zero-order valence-electron chi connectivity index (χ0n) is 14.1. The predicted octanol–water partition coefficient (Wildman–Crippen LogP) is 4.82. The van der Waals surface area contributed by atoms with E-state index in [9.17, 15) is 4.79 Å². The first kappa shape index (κ1) is 17.5. The monoisotopic (exact) mass is 372 g/mol. The smallest absolute Gasteiger partial charge is 0.228 e. The van der Waals surface area contributed by atoms with Crippen LogP contribution in [0.4, 0.5) is 5.13 Å². The molecule has 2 aromatic heterocycles. The lowest BCUT2D eigenvalue weighted by Gasteiger charge is -2.09. The SMILES string of the molecule is Cc1ncc(-c2cnc(NC(=O)C(C)C)s2)c(-c2ccccc2Cl)n1. The number of amides is 1. The van der Waals surface area contributed by atoms with Crippen molar-refractivity contribution in [2.45, 2.75) is 20.8 Å². The van der Waals surface area contributed by atoms with Gasteiger partial charge in [0.15, 0.2) is 5.13 Å². The second kappa shape index (κ2) is 7.29. The molecule has 5 nitrogen and oxygen atoms in total. The molecule has 0 spiro atoms. The molecule has 0 fully saturated rings. The average Bonchev–Trinajstić information content (AvgIpc) is 3.03. The Bertz CT molecular complexity index is 923. The predicted molar refractivity (Wildman–Crippen MR) is 102 cm³/mol. The summed E-state index contributed by atoms with van der Waals surface area (Å²) in [7, 11) is 0. The van der Waals surface area contributed by atoms with Gasteiger partial charge >= 0.3 is 0 Å². The highest BCUT2D eigenvalue weighted by Gasteiger charge is 2.16. The van der Waals surface area contributed by atoms with E-state index in [1.54, 1.807) is 12.4 Å². The molecule has 0 unspecified atom stereocenters. The fourth-order valence-electron chi connectivity index (χ4n) is 2.22. The van der Waals surface area contributed by atoms with Crippen molar-refractivity contribution in [3.63, 3.8) is 0 Å². The highest BCUT2D eigenvalue weighted by molar-refractivity contribution is 7.19. The van der Waals surface area contributed by atoms with Crippen LogP contribution in [-0.4, -0.2) is 20.9 Å². The number of nitrogens with zero attached hydrogens (tertiary/aromatic N) is 3. The maximum Gasteiger partial charge on any atom is 0.228 e. The molecule has 0 radical (unpaired) electrons. The van der Waals surface area contributed by atoms with E-state index in [1.807, 2.05) is 45.0 Å². The molecule has 1 amide bonds. The number of aryl methyl sites for hydroxylation is 1. The molecule has 0 aliphatic heterocycles. The summed E-state index contributed by atoms with van der Waals surface area (Å²) in [5.74, 6) is 0.498. The first-order chi connectivity index (χ1) is 12.0. The minimum absolute atomic E-state index is 0.0626. The van der Waals surface area contributed by atoms with Gasteiger partial charge in [-0.2, -0.15) is 0 Å². The molecule has 7 heteroatoms. The van der Waals surface area contributed by atoms with Gasteiger partial charge in [0, 0.05) is 34.5 Å². The first-order valence-corrected chi connectivity index (χ1v) is 9.00. The van der Waals surface area contributed by atoms with Crippen LogP contribution in [0.15, 0.2) is 36.7 Å².